The molecule has 1 N–H and O–H groups in total. The predicted octanol–water partition coefficient (Wildman–Crippen LogP) is 3.66. The van der Waals surface area contributed by atoms with Crippen molar-refractivity contribution in [3.05, 3.63) is 34.4 Å². The molecular weight excluding hydrogens is 370 g/mol. The van der Waals surface area contributed by atoms with Gasteiger partial charge in [-0.3, -0.25) is 4.79 Å². The lowest BCUT2D eigenvalue weighted by Gasteiger charge is -2.20. The third-order valence-corrected chi connectivity index (χ3v) is 4.90. The molecule has 0 radical (unpaired) electrons. The van der Waals surface area contributed by atoms with E-state index >= 15 is 0 Å². The van der Waals surface area contributed by atoms with E-state index in [-0.39, 0.29) is 16.5 Å². The van der Waals surface area contributed by atoms with Gasteiger partial charge in [0.15, 0.2) is 17.6 Å². The summed E-state index contributed by atoms with van der Waals surface area (Å²) in [6.45, 7) is 2.89. The lowest BCUT2D eigenvalue weighted by molar-refractivity contribution is -0.129. The Kier molecular flexibility index (Phi) is 6.61. The number of benzene rings is 1. The Labute approximate surface area is 163 Å². The summed E-state index contributed by atoms with van der Waals surface area (Å²) in [6, 6.07) is 2.97. The van der Waals surface area contributed by atoms with E-state index in [9.17, 15) is 9.59 Å². The van der Waals surface area contributed by atoms with Gasteiger partial charge in [0.1, 0.15) is 13.2 Å². The third-order valence-electron chi connectivity index (χ3n) is 4.62. The molecule has 2 aliphatic rings. The Balaban J connectivity index is 1.51. The quantitative estimate of drug-likeness (QED) is 0.589. The summed E-state index contributed by atoms with van der Waals surface area (Å²) in [4.78, 5) is 24.5. The van der Waals surface area contributed by atoms with E-state index in [1.165, 1.54) is 30.5 Å². The second-order valence-electron chi connectivity index (χ2n) is 6.68. The van der Waals surface area contributed by atoms with Crippen LogP contribution >= 0.6 is 11.6 Å². The molecule has 1 aromatic carbocycles. The fraction of sp³-hybridized carbons (Fsp3) is 0.500. The fourth-order valence-electron chi connectivity index (χ4n) is 3.13. The monoisotopic (exact) mass is 393 g/mol. The number of rotatable bonds is 6. The molecule has 0 fully saturated rings. The first-order valence-corrected chi connectivity index (χ1v) is 9.68. The van der Waals surface area contributed by atoms with Crippen LogP contribution in [0.1, 0.15) is 49.4 Å². The van der Waals surface area contributed by atoms with Gasteiger partial charge in [0.05, 0.1) is 10.6 Å². The molecular formula is C20H24ClNO5. The first kappa shape index (κ1) is 19.5. The zero-order valence-corrected chi connectivity index (χ0v) is 16.1. The van der Waals surface area contributed by atoms with Crippen molar-refractivity contribution < 1.29 is 23.8 Å². The van der Waals surface area contributed by atoms with Crippen LogP contribution in [0.5, 0.6) is 11.5 Å². The summed E-state index contributed by atoms with van der Waals surface area (Å²) >= 11 is 6.14. The first-order valence-electron chi connectivity index (χ1n) is 9.30. The average molecular weight is 394 g/mol. The smallest absolute Gasteiger partial charge is 0.339 e. The van der Waals surface area contributed by atoms with Crippen molar-refractivity contribution in [2.45, 2.75) is 45.1 Å². The zero-order chi connectivity index (χ0) is 19.2. The van der Waals surface area contributed by atoms with Gasteiger partial charge >= 0.3 is 5.97 Å². The normalized spacial score (nSPS) is 16.9. The highest BCUT2D eigenvalue weighted by Gasteiger charge is 2.23. The fourth-order valence-corrected chi connectivity index (χ4v) is 3.40. The topological polar surface area (TPSA) is 73.9 Å². The molecule has 0 saturated heterocycles. The molecule has 146 valence electrons. The maximum atomic E-state index is 12.4. The molecule has 0 bridgehead atoms. The highest BCUT2D eigenvalue weighted by molar-refractivity contribution is 6.32. The molecule has 1 aliphatic carbocycles. The minimum atomic E-state index is -0.898. The van der Waals surface area contributed by atoms with Gasteiger partial charge in [-0.15, -0.1) is 0 Å². The second kappa shape index (κ2) is 9.13. The molecule has 0 spiro atoms. The number of carbonyl (C=O) groups is 2. The zero-order valence-electron chi connectivity index (χ0n) is 15.4. The second-order valence-corrected chi connectivity index (χ2v) is 7.09. The molecule has 1 atom stereocenters. The summed E-state index contributed by atoms with van der Waals surface area (Å²) in [5.41, 5.74) is 1.60. The van der Waals surface area contributed by atoms with Gasteiger partial charge < -0.3 is 19.5 Å². The van der Waals surface area contributed by atoms with Gasteiger partial charge in [-0.1, -0.05) is 23.3 Å². The number of amides is 1. The molecule has 0 unspecified atom stereocenters. The Bertz CT molecular complexity index is 746. The van der Waals surface area contributed by atoms with Crippen LogP contribution < -0.4 is 14.8 Å². The number of ether oxygens (including phenoxy) is 3. The highest BCUT2D eigenvalue weighted by Crippen LogP contribution is 2.38. The molecule has 0 saturated carbocycles. The molecule has 0 aromatic heterocycles. The van der Waals surface area contributed by atoms with E-state index in [0.29, 0.717) is 31.3 Å². The summed E-state index contributed by atoms with van der Waals surface area (Å²) < 4.78 is 16.1. The summed E-state index contributed by atoms with van der Waals surface area (Å²) in [6.07, 6.45) is 6.87. The minimum Gasteiger partial charge on any atom is -0.486 e. The molecule has 1 aromatic rings. The van der Waals surface area contributed by atoms with E-state index in [2.05, 4.69) is 11.4 Å². The van der Waals surface area contributed by atoms with Crippen LogP contribution in [0.2, 0.25) is 5.02 Å². The summed E-state index contributed by atoms with van der Waals surface area (Å²) in [5, 5.41) is 3.10. The van der Waals surface area contributed by atoms with Crippen LogP contribution in [0.25, 0.3) is 0 Å². The van der Waals surface area contributed by atoms with Crippen molar-refractivity contribution in [3.63, 3.8) is 0 Å². The van der Waals surface area contributed by atoms with Gasteiger partial charge in [-0.25, -0.2) is 4.79 Å². The van der Waals surface area contributed by atoms with Crippen LogP contribution in [0, 0.1) is 0 Å². The number of hydrogen-bond donors (Lipinski definition) is 1. The van der Waals surface area contributed by atoms with Crippen molar-refractivity contribution in [2.75, 3.05) is 19.8 Å². The minimum absolute atomic E-state index is 0.219. The molecule has 1 heterocycles. The number of hydrogen-bond acceptors (Lipinski definition) is 5. The van der Waals surface area contributed by atoms with Crippen LogP contribution in [-0.4, -0.2) is 37.7 Å². The average Bonchev–Trinajstić information content (AvgIpc) is 2.68. The Hall–Kier alpha value is -2.21. The molecule has 3 rings (SSSR count). The largest absolute Gasteiger partial charge is 0.486 e. The number of esters is 1. The van der Waals surface area contributed by atoms with E-state index in [0.717, 1.165) is 19.3 Å². The molecule has 1 aliphatic heterocycles. The van der Waals surface area contributed by atoms with Crippen molar-refractivity contribution in [1.29, 1.82) is 0 Å². The molecule has 27 heavy (non-hydrogen) atoms. The first-order chi connectivity index (χ1) is 13.0. The standard InChI is InChI=1S/C20H24ClNO5/c1-13(19(23)22-8-7-14-5-3-2-4-6-14)27-20(24)15-11-16(21)18-17(12-15)25-9-10-26-18/h5,11-13H,2-4,6-10H2,1H3,(H,22,23)/t13-/m0/s1. The lowest BCUT2D eigenvalue weighted by atomic mass is 9.97. The van der Waals surface area contributed by atoms with Crippen LogP contribution in [-0.2, 0) is 9.53 Å². The van der Waals surface area contributed by atoms with Crippen molar-refractivity contribution >= 4 is 23.5 Å². The van der Waals surface area contributed by atoms with Gasteiger partial charge in [0.25, 0.3) is 5.91 Å². The predicted molar refractivity (Wildman–Crippen MR) is 101 cm³/mol. The van der Waals surface area contributed by atoms with Gasteiger partial charge in [0, 0.05) is 6.54 Å². The Morgan fingerprint density at radius 3 is 2.85 bits per heavy atom. The summed E-state index contributed by atoms with van der Waals surface area (Å²) in [5.74, 6) is -0.129. The molecule has 1 amide bonds. The Morgan fingerprint density at radius 2 is 2.07 bits per heavy atom. The number of carbonyl (C=O) groups excluding carboxylic acids is 2. The SMILES string of the molecule is C[C@H](OC(=O)c1cc(Cl)c2c(c1)OCCO2)C(=O)NCCC1=CCCCC1. The molecule has 7 heteroatoms. The molecule has 6 nitrogen and oxygen atoms in total. The van der Waals surface area contributed by atoms with Gasteiger partial charge in [-0.2, -0.15) is 0 Å². The van der Waals surface area contributed by atoms with Gasteiger partial charge in [-0.05, 0) is 51.2 Å². The van der Waals surface area contributed by atoms with Crippen LogP contribution in [0.15, 0.2) is 23.8 Å². The van der Waals surface area contributed by atoms with E-state index in [4.69, 9.17) is 25.8 Å². The van der Waals surface area contributed by atoms with E-state index < -0.39 is 12.1 Å². The number of fused-ring (bicyclic) bond motifs is 1. The van der Waals surface area contributed by atoms with Crippen LogP contribution in [0.3, 0.4) is 0 Å². The maximum absolute atomic E-state index is 12.4. The van der Waals surface area contributed by atoms with Gasteiger partial charge in [0.2, 0.25) is 0 Å². The highest BCUT2D eigenvalue weighted by atomic mass is 35.5. The Morgan fingerprint density at radius 1 is 1.26 bits per heavy atom. The maximum Gasteiger partial charge on any atom is 0.339 e. The number of allylic oxidation sites excluding steroid dienone is 1. The van der Waals surface area contributed by atoms with E-state index in [1.54, 1.807) is 6.92 Å². The van der Waals surface area contributed by atoms with Crippen molar-refractivity contribution in [3.8, 4) is 11.5 Å². The lowest BCUT2D eigenvalue weighted by Crippen LogP contribution is -2.36. The summed E-state index contributed by atoms with van der Waals surface area (Å²) in [7, 11) is 0. The van der Waals surface area contributed by atoms with Crippen LogP contribution in [0.4, 0.5) is 0 Å². The van der Waals surface area contributed by atoms with Crippen molar-refractivity contribution in [1.82, 2.24) is 5.32 Å². The number of nitrogens with one attached hydrogen (secondary N) is 1. The third kappa shape index (κ3) is 5.16. The number of halogens is 1. The van der Waals surface area contributed by atoms with E-state index in [1.807, 2.05) is 0 Å². The van der Waals surface area contributed by atoms with Crippen molar-refractivity contribution in [2.24, 2.45) is 0 Å².